The van der Waals surface area contributed by atoms with Crippen molar-refractivity contribution >= 4 is 0 Å². The van der Waals surface area contributed by atoms with Gasteiger partial charge in [0.25, 0.3) is 0 Å². The van der Waals surface area contributed by atoms with Gasteiger partial charge in [-0.1, -0.05) is 12.1 Å². The lowest BCUT2D eigenvalue weighted by Gasteiger charge is -2.32. The van der Waals surface area contributed by atoms with Gasteiger partial charge in [0.2, 0.25) is 0 Å². The van der Waals surface area contributed by atoms with Gasteiger partial charge in [0.05, 0.1) is 6.10 Å². The van der Waals surface area contributed by atoms with Crippen molar-refractivity contribution in [1.29, 1.82) is 0 Å². The molecule has 17 heavy (non-hydrogen) atoms. The second-order valence-corrected chi connectivity index (χ2v) is 5.00. The molecule has 1 atom stereocenters. The third-order valence-corrected chi connectivity index (χ3v) is 2.97. The van der Waals surface area contributed by atoms with Crippen LogP contribution in [0.1, 0.15) is 39.4 Å². The van der Waals surface area contributed by atoms with Gasteiger partial charge in [0.15, 0.2) is 0 Å². The molecule has 0 spiro atoms. The van der Waals surface area contributed by atoms with Crippen LogP contribution < -0.4 is 0 Å². The molecule has 3 heteroatoms. The summed E-state index contributed by atoms with van der Waals surface area (Å²) in [6, 6.07) is 7.60. The lowest BCUT2D eigenvalue weighted by molar-refractivity contribution is 0.0755. The molecule has 1 aromatic carbocycles. The summed E-state index contributed by atoms with van der Waals surface area (Å²) in [5, 5.41) is 19.6. The Kier molecular flexibility index (Phi) is 4.97. The summed E-state index contributed by atoms with van der Waals surface area (Å²) in [6.45, 7) is 9.06. The fraction of sp³-hybridized carbons (Fsp3) is 0.571. The Labute approximate surface area is 104 Å². The Morgan fingerprint density at radius 2 is 1.71 bits per heavy atom. The molecule has 1 aromatic rings. The van der Waals surface area contributed by atoms with Crippen LogP contribution in [0.3, 0.4) is 0 Å². The first-order valence-electron chi connectivity index (χ1n) is 6.14. The predicted octanol–water partition coefficient (Wildman–Crippen LogP) is 2.54. The number of hydrogen-bond donors (Lipinski definition) is 2. The van der Waals surface area contributed by atoms with Gasteiger partial charge in [-0.05, 0) is 45.4 Å². The monoisotopic (exact) mass is 237 g/mol. The molecular formula is C14H23NO2. The minimum Gasteiger partial charge on any atom is -0.508 e. The van der Waals surface area contributed by atoms with Crippen LogP contribution in [0.25, 0.3) is 0 Å². The topological polar surface area (TPSA) is 43.7 Å². The summed E-state index contributed by atoms with van der Waals surface area (Å²) in [7, 11) is 0. The van der Waals surface area contributed by atoms with E-state index in [1.165, 1.54) is 0 Å². The molecule has 0 fully saturated rings. The molecule has 0 saturated carbocycles. The van der Waals surface area contributed by atoms with E-state index in [-0.39, 0.29) is 5.75 Å². The molecule has 0 heterocycles. The number of hydrogen-bond acceptors (Lipinski definition) is 3. The van der Waals surface area contributed by atoms with Gasteiger partial charge in [-0.2, -0.15) is 0 Å². The molecule has 3 nitrogen and oxygen atoms in total. The largest absolute Gasteiger partial charge is 0.508 e. The minimum absolute atomic E-state index is 0.196. The molecule has 1 unspecified atom stereocenters. The standard InChI is InChI=1S/C14H23NO2/c1-10(2)15(11(3)4)9-14(17)12-6-5-7-13(16)8-12/h5-8,10-11,14,16-17H,9H2,1-4H3. The maximum atomic E-state index is 10.2. The van der Waals surface area contributed by atoms with Crippen molar-refractivity contribution in [3.63, 3.8) is 0 Å². The fourth-order valence-electron chi connectivity index (χ4n) is 2.06. The Balaban J connectivity index is 2.73. The van der Waals surface area contributed by atoms with Gasteiger partial charge >= 0.3 is 0 Å². The molecule has 0 bridgehead atoms. The van der Waals surface area contributed by atoms with Crippen LogP contribution in [0.15, 0.2) is 24.3 Å². The second kappa shape index (κ2) is 6.03. The number of aliphatic hydroxyl groups excluding tert-OH is 1. The minimum atomic E-state index is -0.563. The first-order valence-corrected chi connectivity index (χ1v) is 6.14. The highest BCUT2D eigenvalue weighted by atomic mass is 16.3. The van der Waals surface area contributed by atoms with E-state index in [4.69, 9.17) is 0 Å². The van der Waals surface area contributed by atoms with E-state index in [0.29, 0.717) is 18.6 Å². The number of phenols is 1. The summed E-state index contributed by atoms with van der Waals surface area (Å²) in [6.07, 6.45) is -0.563. The molecule has 0 aromatic heterocycles. The molecule has 2 N–H and O–H groups in total. The lowest BCUT2D eigenvalue weighted by atomic mass is 10.1. The van der Waals surface area contributed by atoms with Crippen molar-refractivity contribution in [3.05, 3.63) is 29.8 Å². The number of rotatable bonds is 5. The first-order chi connectivity index (χ1) is 7.91. The van der Waals surface area contributed by atoms with E-state index in [1.54, 1.807) is 18.2 Å². The average Bonchev–Trinajstić information content (AvgIpc) is 2.24. The average molecular weight is 237 g/mol. The van der Waals surface area contributed by atoms with Crippen LogP contribution in [0.4, 0.5) is 0 Å². The van der Waals surface area contributed by atoms with Gasteiger partial charge in [-0.15, -0.1) is 0 Å². The number of nitrogens with zero attached hydrogens (tertiary/aromatic N) is 1. The zero-order chi connectivity index (χ0) is 13.0. The maximum Gasteiger partial charge on any atom is 0.115 e. The summed E-state index contributed by atoms with van der Waals surface area (Å²) >= 11 is 0. The Bertz CT molecular complexity index is 342. The SMILES string of the molecule is CC(C)N(CC(O)c1cccc(O)c1)C(C)C. The van der Waals surface area contributed by atoms with Crippen molar-refractivity contribution in [2.45, 2.75) is 45.9 Å². The highest BCUT2D eigenvalue weighted by Gasteiger charge is 2.18. The van der Waals surface area contributed by atoms with Gasteiger partial charge in [0.1, 0.15) is 5.75 Å². The van der Waals surface area contributed by atoms with E-state index >= 15 is 0 Å². The fourth-order valence-corrected chi connectivity index (χ4v) is 2.06. The maximum absolute atomic E-state index is 10.2. The first kappa shape index (κ1) is 14.0. The van der Waals surface area contributed by atoms with Crippen molar-refractivity contribution in [2.24, 2.45) is 0 Å². The molecule has 0 aliphatic carbocycles. The summed E-state index contributed by atoms with van der Waals surface area (Å²) in [5.74, 6) is 0.196. The van der Waals surface area contributed by atoms with Crippen LogP contribution in [-0.4, -0.2) is 33.7 Å². The molecular weight excluding hydrogens is 214 g/mol. The number of aliphatic hydroxyl groups is 1. The Hall–Kier alpha value is -1.06. The molecule has 0 aliphatic rings. The van der Waals surface area contributed by atoms with E-state index in [9.17, 15) is 10.2 Å². The molecule has 0 amide bonds. The normalized spacial score (nSPS) is 13.6. The van der Waals surface area contributed by atoms with E-state index < -0.39 is 6.10 Å². The molecule has 1 rings (SSSR count). The van der Waals surface area contributed by atoms with Crippen molar-refractivity contribution in [3.8, 4) is 5.75 Å². The van der Waals surface area contributed by atoms with Crippen LogP contribution in [0, 0.1) is 0 Å². The molecule has 96 valence electrons. The number of benzene rings is 1. The number of phenolic OH excluding ortho intramolecular Hbond substituents is 1. The van der Waals surface area contributed by atoms with Crippen molar-refractivity contribution < 1.29 is 10.2 Å². The smallest absolute Gasteiger partial charge is 0.115 e. The van der Waals surface area contributed by atoms with E-state index in [2.05, 4.69) is 32.6 Å². The molecule has 0 saturated heterocycles. The quantitative estimate of drug-likeness (QED) is 0.827. The molecule has 0 aliphatic heterocycles. The Morgan fingerprint density at radius 1 is 1.12 bits per heavy atom. The zero-order valence-corrected chi connectivity index (χ0v) is 11.1. The van der Waals surface area contributed by atoms with Crippen LogP contribution in [0.5, 0.6) is 5.75 Å². The third kappa shape index (κ3) is 4.02. The molecule has 0 radical (unpaired) electrons. The van der Waals surface area contributed by atoms with Crippen molar-refractivity contribution in [2.75, 3.05) is 6.54 Å². The van der Waals surface area contributed by atoms with Gasteiger partial charge in [0, 0.05) is 18.6 Å². The van der Waals surface area contributed by atoms with Crippen LogP contribution >= 0.6 is 0 Å². The van der Waals surface area contributed by atoms with Gasteiger partial charge in [-0.25, -0.2) is 0 Å². The zero-order valence-electron chi connectivity index (χ0n) is 11.1. The number of aromatic hydroxyl groups is 1. The third-order valence-electron chi connectivity index (χ3n) is 2.97. The van der Waals surface area contributed by atoms with Gasteiger partial charge in [-0.3, -0.25) is 4.90 Å². The summed E-state index contributed by atoms with van der Waals surface area (Å²) < 4.78 is 0. The van der Waals surface area contributed by atoms with Crippen LogP contribution in [0.2, 0.25) is 0 Å². The highest BCUT2D eigenvalue weighted by molar-refractivity contribution is 5.28. The summed E-state index contributed by atoms with van der Waals surface area (Å²) in [4.78, 5) is 2.23. The van der Waals surface area contributed by atoms with Crippen LogP contribution in [-0.2, 0) is 0 Å². The second-order valence-electron chi connectivity index (χ2n) is 5.00. The summed E-state index contributed by atoms with van der Waals surface area (Å²) in [5.41, 5.74) is 0.760. The van der Waals surface area contributed by atoms with E-state index in [1.807, 2.05) is 6.07 Å². The van der Waals surface area contributed by atoms with E-state index in [0.717, 1.165) is 5.56 Å². The van der Waals surface area contributed by atoms with Gasteiger partial charge < -0.3 is 10.2 Å². The lowest BCUT2D eigenvalue weighted by Crippen LogP contribution is -2.39. The van der Waals surface area contributed by atoms with Crippen molar-refractivity contribution in [1.82, 2.24) is 4.90 Å². The predicted molar refractivity (Wildman–Crippen MR) is 70.0 cm³/mol. The Morgan fingerprint density at radius 3 is 2.18 bits per heavy atom. The highest BCUT2D eigenvalue weighted by Crippen LogP contribution is 2.20.